The summed E-state index contributed by atoms with van der Waals surface area (Å²) in [5.74, 6) is -0.210. The van der Waals surface area contributed by atoms with Gasteiger partial charge < -0.3 is 28.8 Å². The van der Waals surface area contributed by atoms with E-state index in [0.29, 0.717) is 17.4 Å². The summed E-state index contributed by atoms with van der Waals surface area (Å²) < 4.78 is 23.0. The Morgan fingerprint density at radius 1 is 0.739 bits per heavy atom. The molecular weight excluding hydrogens is 599 g/mol. The minimum atomic E-state index is -4.58. The second-order valence-electron chi connectivity index (χ2n) is 13.9. The van der Waals surface area contributed by atoms with Crippen LogP contribution in [0.15, 0.2) is 24.3 Å². The van der Waals surface area contributed by atoms with Gasteiger partial charge in [-0.25, -0.2) is 0 Å². The normalized spacial score (nSPS) is 15.0. The highest BCUT2D eigenvalue weighted by Crippen LogP contribution is 2.38. The van der Waals surface area contributed by atoms with Crippen LogP contribution in [-0.4, -0.2) is 68.5 Å². The number of hydrogen-bond acceptors (Lipinski definition) is 6. The summed E-state index contributed by atoms with van der Waals surface area (Å²) >= 11 is 0. The Kier molecular flexibility index (Phi) is 29.4. The molecule has 1 amide bonds. The number of carbonyl (C=O) groups excluding carboxylic acids is 1. The molecule has 46 heavy (non-hydrogen) atoms. The average Bonchev–Trinajstić information content (AvgIpc) is 2.99. The number of nitrogens with zero attached hydrogens (tertiary/aromatic N) is 1. The van der Waals surface area contributed by atoms with E-state index in [1.54, 1.807) is 6.08 Å². The maximum absolute atomic E-state index is 12.7. The highest BCUT2D eigenvalue weighted by Gasteiger charge is 2.23. The molecule has 0 heterocycles. The van der Waals surface area contributed by atoms with Crippen molar-refractivity contribution in [2.24, 2.45) is 0 Å². The van der Waals surface area contributed by atoms with Crippen LogP contribution in [0.2, 0.25) is 0 Å². The molecule has 0 radical (unpaired) electrons. The van der Waals surface area contributed by atoms with Gasteiger partial charge in [0.25, 0.3) is 7.82 Å². The molecule has 0 saturated carbocycles. The first-order valence-electron chi connectivity index (χ1n) is 18.7. The van der Waals surface area contributed by atoms with Crippen LogP contribution >= 0.6 is 7.82 Å². The van der Waals surface area contributed by atoms with Crippen LogP contribution < -0.4 is 10.2 Å². The number of rotatable bonds is 33. The molecule has 0 aromatic carbocycles. The quantitative estimate of drug-likeness (QED) is 0.0312. The molecule has 0 aromatic heterocycles. The van der Waals surface area contributed by atoms with Gasteiger partial charge in [-0.15, -0.1) is 0 Å². The van der Waals surface area contributed by atoms with E-state index in [9.17, 15) is 19.4 Å². The van der Waals surface area contributed by atoms with Crippen molar-refractivity contribution >= 4 is 13.7 Å². The van der Waals surface area contributed by atoms with Crippen LogP contribution in [0, 0.1) is 0 Å². The van der Waals surface area contributed by atoms with E-state index in [4.69, 9.17) is 9.05 Å². The standard InChI is InChI=1S/C37H73N2O6P/c1-6-8-10-12-14-16-18-19-21-23-25-27-29-31-37(41)38-35(34-45-46(42,43)44-33-32-39(3,4)5)36(40)30-28-26-24-22-20-17-15-13-11-9-7-2/h20,22,28,30,35-36,40H,6-19,21,23-27,29,31-34H2,1-5H3,(H-,38,41,42,43)/b22-20+,30-28+. The van der Waals surface area contributed by atoms with Crippen molar-refractivity contribution in [3.05, 3.63) is 24.3 Å². The van der Waals surface area contributed by atoms with Crippen LogP contribution in [0.1, 0.15) is 155 Å². The van der Waals surface area contributed by atoms with Gasteiger partial charge in [-0.3, -0.25) is 9.36 Å². The lowest BCUT2D eigenvalue weighted by atomic mass is 10.0. The zero-order valence-electron chi connectivity index (χ0n) is 30.5. The average molecular weight is 673 g/mol. The number of aliphatic hydroxyl groups is 1. The first-order chi connectivity index (χ1) is 22.0. The SMILES string of the molecule is CCCCCCC/C=C/CC/C=C/C(O)C(COP(=O)([O-])OCC[N+](C)(C)C)NC(=O)CCCCCCCCCCCCCCC. The predicted octanol–water partition coefficient (Wildman–Crippen LogP) is 8.77. The van der Waals surface area contributed by atoms with Crippen LogP contribution in [-0.2, 0) is 18.4 Å². The summed E-state index contributed by atoms with van der Waals surface area (Å²) in [6.45, 7) is 4.57. The Balaban J connectivity index is 4.58. The molecule has 3 atom stereocenters. The summed E-state index contributed by atoms with van der Waals surface area (Å²) in [5.41, 5.74) is 0. The highest BCUT2D eigenvalue weighted by molar-refractivity contribution is 7.45. The number of unbranched alkanes of at least 4 members (excludes halogenated alkanes) is 18. The number of likely N-dealkylation sites (N-methyl/N-ethyl adjacent to an activating group) is 1. The van der Waals surface area contributed by atoms with Crippen molar-refractivity contribution in [3.8, 4) is 0 Å². The molecule has 272 valence electrons. The molecule has 0 fully saturated rings. The Labute approximate surface area is 284 Å². The Morgan fingerprint density at radius 2 is 1.22 bits per heavy atom. The molecule has 0 aliphatic heterocycles. The van der Waals surface area contributed by atoms with E-state index >= 15 is 0 Å². The molecule has 0 aliphatic rings. The van der Waals surface area contributed by atoms with Gasteiger partial charge in [0.2, 0.25) is 5.91 Å². The topological polar surface area (TPSA) is 108 Å². The fourth-order valence-electron chi connectivity index (χ4n) is 5.11. The molecule has 0 aliphatic carbocycles. The van der Waals surface area contributed by atoms with Crippen molar-refractivity contribution in [2.45, 2.75) is 167 Å². The first-order valence-corrected chi connectivity index (χ1v) is 20.2. The van der Waals surface area contributed by atoms with E-state index in [-0.39, 0.29) is 19.1 Å². The second-order valence-corrected chi connectivity index (χ2v) is 15.3. The van der Waals surface area contributed by atoms with Crippen molar-refractivity contribution in [1.29, 1.82) is 0 Å². The maximum Gasteiger partial charge on any atom is 0.268 e. The Morgan fingerprint density at radius 3 is 1.76 bits per heavy atom. The number of allylic oxidation sites excluding steroid dienone is 3. The van der Waals surface area contributed by atoms with Crippen LogP contribution in [0.25, 0.3) is 0 Å². The number of hydrogen-bond donors (Lipinski definition) is 2. The lowest BCUT2D eigenvalue weighted by Crippen LogP contribution is -2.45. The monoisotopic (exact) mass is 673 g/mol. The van der Waals surface area contributed by atoms with Gasteiger partial charge >= 0.3 is 0 Å². The smallest absolute Gasteiger partial charge is 0.268 e. The van der Waals surface area contributed by atoms with Crippen molar-refractivity contribution in [1.82, 2.24) is 5.32 Å². The van der Waals surface area contributed by atoms with Gasteiger partial charge in [0.15, 0.2) is 0 Å². The van der Waals surface area contributed by atoms with E-state index in [1.807, 2.05) is 27.2 Å². The number of nitrogens with one attached hydrogen (secondary N) is 1. The molecular formula is C37H73N2O6P. The predicted molar refractivity (Wildman–Crippen MR) is 192 cm³/mol. The van der Waals surface area contributed by atoms with Crippen LogP contribution in [0.4, 0.5) is 0 Å². The third-order valence-corrected chi connectivity index (χ3v) is 9.13. The minimum absolute atomic E-state index is 0.00490. The lowest BCUT2D eigenvalue weighted by molar-refractivity contribution is -0.870. The fraction of sp³-hybridized carbons (Fsp3) is 0.865. The molecule has 0 bridgehead atoms. The molecule has 0 aromatic rings. The third kappa shape index (κ3) is 31.6. The number of carbonyl (C=O) groups is 1. The first kappa shape index (κ1) is 45.0. The van der Waals surface area contributed by atoms with Crippen LogP contribution in [0.5, 0.6) is 0 Å². The Hall–Kier alpha value is -1.02. The largest absolute Gasteiger partial charge is 0.756 e. The summed E-state index contributed by atoms with van der Waals surface area (Å²) in [5, 5.41) is 13.6. The van der Waals surface area contributed by atoms with E-state index in [2.05, 4.69) is 31.3 Å². The molecule has 0 rings (SSSR count). The van der Waals surface area contributed by atoms with Gasteiger partial charge in [0, 0.05) is 6.42 Å². The molecule has 0 spiro atoms. The van der Waals surface area contributed by atoms with Crippen molar-refractivity contribution in [2.75, 3.05) is 40.9 Å². The lowest BCUT2D eigenvalue weighted by Gasteiger charge is -2.29. The second kappa shape index (κ2) is 30.1. The van der Waals surface area contributed by atoms with Gasteiger partial charge in [-0.1, -0.05) is 141 Å². The molecule has 8 nitrogen and oxygen atoms in total. The van der Waals surface area contributed by atoms with Crippen molar-refractivity contribution in [3.63, 3.8) is 0 Å². The molecule has 2 N–H and O–H groups in total. The van der Waals surface area contributed by atoms with E-state index in [0.717, 1.165) is 38.5 Å². The van der Waals surface area contributed by atoms with Gasteiger partial charge in [-0.2, -0.15) is 0 Å². The molecule has 3 unspecified atom stereocenters. The molecule has 0 saturated heterocycles. The van der Waals surface area contributed by atoms with Crippen LogP contribution in [0.3, 0.4) is 0 Å². The Bertz CT molecular complexity index is 814. The summed E-state index contributed by atoms with van der Waals surface area (Å²) in [6.07, 6.45) is 32.2. The number of aliphatic hydroxyl groups excluding tert-OH is 1. The zero-order chi connectivity index (χ0) is 34.4. The minimum Gasteiger partial charge on any atom is -0.756 e. The maximum atomic E-state index is 12.7. The number of phosphoric ester groups is 1. The summed E-state index contributed by atoms with van der Waals surface area (Å²) in [7, 11) is 1.24. The number of quaternary nitrogens is 1. The highest BCUT2D eigenvalue weighted by atomic mass is 31.2. The summed E-state index contributed by atoms with van der Waals surface area (Å²) in [6, 6.07) is -0.895. The van der Waals surface area contributed by atoms with Gasteiger partial charge in [0.1, 0.15) is 13.2 Å². The molecule has 9 heteroatoms. The zero-order valence-corrected chi connectivity index (χ0v) is 31.4. The van der Waals surface area contributed by atoms with E-state index < -0.39 is 20.0 Å². The van der Waals surface area contributed by atoms with Gasteiger partial charge in [0.05, 0.1) is 39.9 Å². The van der Waals surface area contributed by atoms with E-state index in [1.165, 1.54) is 96.3 Å². The third-order valence-electron chi connectivity index (χ3n) is 8.16. The fourth-order valence-corrected chi connectivity index (χ4v) is 5.83. The van der Waals surface area contributed by atoms with Gasteiger partial charge in [-0.05, 0) is 32.1 Å². The number of amides is 1. The van der Waals surface area contributed by atoms with Crippen molar-refractivity contribution < 1.29 is 32.9 Å². The summed E-state index contributed by atoms with van der Waals surface area (Å²) in [4.78, 5) is 25.1. The number of phosphoric acid groups is 1.